The first-order chi connectivity index (χ1) is 10.1. The molecule has 0 atom stereocenters. The van der Waals surface area contributed by atoms with Gasteiger partial charge in [0.2, 0.25) is 12.7 Å². The van der Waals surface area contributed by atoms with Crippen molar-refractivity contribution in [2.24, 2.45) is 5.73 Å². The van der Waals surface area contributed by atoms with Crippen molar-refractivity contribution in [1.82, 2.24) is 4.90 Å². The zero-order valence-corrected chi connectivity index (χ0v) is 13.7. The molecule has 122 valence electrons. The highest BCUT2D eigenvalue weighted by Crippen LogP contribution is 2.33. The second-order valence-electron chi connectivity index (χ2n) is 6.07. The lowest BCUT2D eigenvalue weighted by atomic mass is 9.81. The molecule has 0 bridgehead atoms. The summed E-state index contributed by atoms with van der Waals surface area (Å²) in [4.78, 5) is 14.3. The quantitative estimate of drug-likeness (QED) is 0.926. The molecule has 1 aromatic carbocycles. The van der Waals surface area contributed by atoms with Crippen LogP contribution in [0.4, 0.5) is 0 Å². The molecule has 1 amide bonds. The van der Waals surface area contributed by atoms with Gasteiger partial charge in [0.1, 0.15) is 0 Å². The maximum atomic E-state index is 12.6. The van der Waals surface area contributed by atoms with E-state index in [9.17, 15) is 4.79 Å². The topological polar surface area (TPSA) is 64.8 Å². The van der Waals surface area contributed by atoms with Crippen LogP contribution in [0.15, 0.2) is 18.2 Å². The summed E-state index contributed by atoms with van der Waals surface area (Å²) in [5.41, 5.74) is 6.66. The monoisotopic (exact) mass is 326 g/mol. The maximum absolute atomic E-state index is 12.6. The minimum atomic E-state index is -0.677. The Morgan fingerprint density at radius 2 is 1.91 bits per heavy atom. The van der Waals surface area contributed by atoms with Gasteiger partial charge in [-0.2, -0.15) is 0 Å². The van der Waals surface area contributed by atoms with Gasteiger partial charge in [0.05, 0.1) is 5.54 Å². The molecule has 1 aliphatic carbocycles. The van der Waals surface area contributed by atoms with Gasteiger partial charge in [-0.1, -0.05) is 25.3 Å². The van der Waals surface area contributed by atoms with Crippen LogP contribution in [-0.4, -0.2) is 30.2 Å². The zero-order chi connectivity index (χ0) is 14.9. The van der Waals surface area contributed by atoms with Gasteiger partial charge in [-0.05, 0) is 30.5 Å². The summed E-state index contributed by atoms with van der Waals surface area (Å²) in [6, 6.07) is 5.77. The SMILES string of the molecule is CN(Cc1ccc2c(c1)OCO2)C(=O)C1(N)CCCCC1.Cl. The Balaban J connectivity index is 0.00000176. The van der Waals surface area contributed by atoms with Crippen molar-refractivity contribution >= 4 is 18.3 Å². The Bertz CT molecular complexity index is 544. The maximum Gasteiger partial charge on any atom is 0.242 e. The predicted octanol–water partition coefficient (Wildman–Crippen LogP) is 2.46. The molecule has 3 rings (SSSR count). The van der Waals surface area contributed by atoms with E-state index in [-0.39, 0.29) is 25.1 Å². The minimum Gasteiger partial charge on any atom is -0.454 e. The Morgan fingerprint density at radius 3 is 2.64 bits per heavy atom. The number of rotatable bonds is 3. The second kappa shape index (κ2) is 6.75. The summed E-state index contributed by atoms with van der Waals surface area (Å²) in [7, 11) is 1.82. The number of nitrogens with zero attached hydrogens (tertiary/aromatic N) is 1. The fourth-order valence-electron chi connectivity index (χ4n) is 3.16. The van der Waals surface area contributed by atoms with Crippen LogP contribution in [0.5, 0.6) is 11.5 Å². The third-order valence-corrected chi connectivity index (χ3v) is 4.38. The molecule has 2 N–H and O–H groups in total. The summed E-state index contributed by atoms with van der Waals surface area (Å²) in [5, 5.41) is 0. The molecule has 6 heteroatoms. The molecule has 1 aromatic rings. The molecule has 1 fully saturated rings. The Kier molecular flexibility index (Phi) is 5.19. The van der Waals surface area contributed by atoms with Crippen molar-refractivity contribution in [3.63, 3.8) is 0 Å². The van der Waals surface area contributed by atoms with Crippen molar-refractivity contribution in [3.8, 4) is 11.5 Å². The molecule has 5 nitrogen and oxygen atoms in total. The van der Waals surface area contributed by atoms with Crippen LogP contribution in [0.25, 0.3) is 0 Å². The second-order valence-corrected chi connectivity index (χ2v) is 6.07. The molecule has 1 aliphatic heterocycles. The highest BCUT2D eigenvalue weighted by atomic mass is 35.5. The molecule has 1 saturated carbocycles. The van der Waals surface area contributed by atoms with Crippen LogP contribution >= 0.6 is 12.4 Å². The smallest absolute Gasteiger partial charge is 0.242 e. The van der Waals surface area contributed by atoms with Crippen LogP contribution in [0, 0.1) is 0 Å². The summed E-state index contributed by atoms with van der Waals surface area (Å²) in [6.45, 7) is 0.799. The van der Waals surface area contributed by atoms with Gasteiger partial charge in [-0.3, -0.25) is 4.79 Å². The highest BCUT2D eigenvalue weighted by Gasteiger charge is 2.37. The molecular formula is C16H23ClN2O3. The first-order valence-electron chi connectivity index (χ1n) is 7.51. The third kappa shape index (κ3) is 3.31. The van der Waals surface area contributed by atoms with Gasteiger partial charge in [0, 0.05) is 13.6 Å². The van der Waals surface area contributed by atoms with Crippen LogP contribution in [0.2, 0.25) is 0 Å². The van der Waals surface area contributed by atoms with Gasteiger partial charge < -0.3 is 20.1 Å². The summed E-state index contributed by atoms with van der Waals surface area (Å²) in [5.74, 6) is 1.55. The number of fused-ring (bicyclic) bond motifs is 1. The average Bonchev–Trinajstić information content (AvgIpc) is 2.94. The van der Waals surface area contributed by atoms with Gasteiger partial charge >= 0.3 is 0 Å². The largest absolute Gasteiger partial charge is 0.454 e. The lowest BCUT2D eigenvalue weighted by Gasteiger charge is -2.35. The molecule has 0 saturated heterocycles. The number of halogens is 1. The lowest BCUT2D eigenvalue weighted by molar-refractivity contribution is -0.137. The number of ether oxygens (including phenoxy) is 2. The first-order valence-corrected chi connectivity index (χ1v) is 7.51. The molecule has 0 spiro atoms. The summed E-state index contributed by atoms with van der Waals surface area (Å²) in [6.07, 6.45) is 4.84. The van der Waals surface area contributed by atoms with E-state index >= 15 is 0 Å². The standard InChI is InChI=1S/C16H22N2O3.ClH/c1-18(15(19)16(17)7-3-2-4-8-16)10-12-5-6-13-14(9-12)21-11-20-13;/h5-6,9H,2-4,7-8,10-11,17H2,1H3;1H. The Hall–Kier alpha value is -1.46. The van der Waals surface area contributed by atoms with E-state index in [2.05, 4.69) is 0 Å². The van der Waals surface area contributed by atoms with E-state index in [1.165, 1.54) is 6.42 Å². The molecule has 0 radical (unpaired) electrons. The van der Waals surface area contributed by atoms with Gasteiger partial charge in [-0.25, -0.2) is 0 Å². The van der Waals surface area contributed by atoms with E-state index in [1.807, 2.05) is 25.2 Å². The first kappa shape index (κ1) is 16.9. The Labute approximate surface area is 137 Å². The molecule has 0 unspecified atom stereocenters. The van der Waals surface area contributed by atoms with E-state index < -0.39 is 5.54 Å². The normalized spacial score (nSPS) is 18.5. The number of amides is 1. The van der Waals surface area contributed by atoms with Crippen molar-refractivity contribution in [2.75, 3.05) is 13.8 Å². The molecule has 22 heavy (non-hydrogen) atoms. The van der Waals surface area contributed by atoms with Crippen molar-refractivity contribution in [3.05, 3.63) is 23.8 Å². The number of carbonyl (C=O) groups is 1. The van der Waals surface area contributed by atoms with Gasteiger partial charge in [0.15, 0.2) is 11.5 Å². The van der Waals surface area contributed by atoms with Crippen molar-refractivity contribution < 1.29 is 14.3 Å². The van der Waals surface area contributed by atoms with Crippen molar-refractivity contribution in [2.45, 2.75) is 44.2 Å². The number of likely N-dealkylation sites (N-methyl/N-ethyl adjacent to an activating group) is 1. The molecular weight excluding hydrogens is 304 g/mol. The number of benzene rings is 1. The van der Waals surface area contributed by atoms with Crippen molar-refractivity contribution in [1.29, 1.82) is 0 Å². The van der Waals surface area contributed by atoms with E-state index in [0.29, 0.717) is 6.54 Å². The van der Waals surface area contributed by atoms with Crippen LogP contribution in [0.3, 0.4) is 0 Å². The number of carbonyl (C=O) groups excluding carboxylic acids is 1. The van der Waals surface area contributed by atoms with Crippen LogP contribution < -0.4 is 15.2 Å². The van der Waals surface area contributed by atoms with Gasteiger partial charge in [-0.15, -0.1) is 12.4 Å². The Morgan fingerprint density at radius 1 is 1.23 bits per heavy atom. The highest BCUT2D eigenvalue weighted by molar-refractivity contribution is 5.86. The van der Waals surface area contributed by atoms with Crippen LogP contribution in [-0.2, 0) is 11.3 Å². The zero-order valence-electron chi connectivity index (χ0n) is 12.8. The number of hydrogen-bond acceptors (Lipinski definition) is 4. The fraction of sp³-hybridized carbons (Fsp3) is 0.562. The van der Waals surface area contributed by atoms with Crippen LogP contribution in [0.1, 0.15) is 37.7 Å². The minimum absolute atomic E-state index is 0. The summed E-state index contributed by atoms with van der Waals surface area (Å²) < 4.78 is 10.7. The third-order valence-electron chi connectivity index (χ3n) is 4.38. The number of hydrogen-bond donors (Lipinski definition) is 1. The number of nitrogens with two attached hydrogens (primary N) is 1. The summed E-state index contributed by atoms with van der Waals surface area (Å²) >= 11 is 0. The van der Waals surface area contributed by atoms with E-state index in [1.54, 1.807) is 4.90 Å². The van der Waals surface area contributed by atoms with Gasteiger partial charge in [0.25, 0.3) is 0 Å². The molecule has 2 aliphatic rings. The fourth-order valence-corrected chi connectivity index (χ4v) is 3.16. The predicted molar refractivity (Wildman–Crippen MR) is 86.3 cm³/mol. The molecule has 0 aromatic heterocycles. The lowest BCUT2D eigenvalue weighted by Crippen LogP contribution is -2.55. The van der Waals surface area contributed by atoms with E-state index in [4.69, 9.17) is 15.2 Å². The van der Waals surface area contributed by atoms with E-state index in [0.717, 1.165) is 42.7 Å². The molecule has 1 heterocycles. The average molecular weight is 327 g/mol.